The molecule has 0 aliphatic rings. The van der Waals surface area contributed by atoms with Gasteiger partial charge in [0.05, 0.1) is 19.8 Å². The zero-order valence-corrected chi connectivity index (χ0v) is 16.2. The van der Waals surface area contributed by atoms with Crippen LogP contribution in [-0.2, 0) is 9.53 Å². The van der Waals surface area contributed by atoms with Crippen LogP contribution in [0.5, 0.6) is 11.5 Å². The van der Waals surface area contributed by atoms with Crippen LogP contribution in [-0.4, -0.2) is 38.1 Å². The summed E-state index contributed by atoms with van der Waals surface area (Å²) in [6.07, 6.45) is 0. The molecule has 2 rings (SSSR count). The van der Waals surface area contributed by atoms with Gasteiger partial charge in [-0.25, -0.2) is 9.59 Å². The molecule has 0 aliphatic carbocycles. The zero-order valence-electron chi connectivity index (χ0n) is 16.2. The maximum absolute atomic E-state index is 12.5. The smallest absolute Gasteiger partial charge is 0.337 e. The Morgan fingerprint density at radius 3 is 1.86 bits per heavy atom. The van der Waals surface area contributed by atoms with Crippen molar-refractivity contribution < 1.29 is 28.6 Å². The fourth-order valence-corrected chi connectivity index (χ4v) is 2.42. The minimum absolute atomic E-state index is 0.191. The Hall–Kier alpha value is -3.35. The third-order valence-corrected chi connectivity index (χ3v) is 4.05. The molecular formula is C21H23NO6. The van der Waals surface area contributed by atoms with E-state index in [1.54, 1.807) is 38.1 Å². The Balaban J connectivity index is 2.06. The number of rotatable bonds is 7. The van der Waals surface area contributed by atoms with Crippen molar-refractivity contribution in [3.8, 4) is 11.5 Å². The van der Waals surface area contributed by atoms with Crippen molar-refractivity contribution in [2.24, 2.45) is 5.92 Å². The van der Waals surface area contributed by atoms with Crippen molar-refractivity contribution in [2.75, 3.05) is 14.2 Å². The molecule has 1 N–H and O–H groups in total. The van der Waals surface area contributed by atoms with Crippen molar-refractivity contribution >= 4 is 17.8 Å². The molecule has 2 aromatic rings. The number of benzene rings is 2. The van der Waals surface area contributed by atoms with Crippen LogP contribution in [0, 0.1) is 5.92 Å². The molecule has 7 heteroatoms. The summed E-state index contributed by atoms with van der Waals surface area (Å²) in [5, 5.41) is 2.70. The van der Waals surface area contributed by atoms with Gasteiger partial charge >= 0.3 is 11.9 Å². The summed E-state index contributed by atoms with van der Waals surface area (Å²) in [6.45, 7) is 3.61. The monoisotopic (exact) mass is 385 g/mol. The second-order valence-electron chi connectivity index (χ2n) is 6.36. The molecule has 0 aromatic heterocycles. The van der Waals surface area contributed by atoms with Gasteiger partial charge in [-0.05, 0) is 54.4 Å². The quantitative estimate of drug-likeness (QED) is 0.582. The van der Waals surface area contributed by atoms with E-state index in [1.807, 2.05) is 0 Å². The predicted octanol–water partition coefficient (Wildman–Crippen LogP) is 2.84. The van der Waals surface area contributed by atoms with E-state index in [1.165, 1.54) is 38.5 Å². The lowest BCUT2D eigenvalue weighted by Crippen LogP contribution is -2.46. The van der Waals surface area contributed by atoms with E-state index in [9.17, 15) is 14.4 Å². The summed E-state index contributed by atoms with van der Waals surface area (Å²) in [6, 6.07) is 11.7. The Kier molecular flexibility index (Phi) is 7.14. The normalized spacial score (nSPS) is 11.5. The largest absolute Gasteiger partial charge is 0.497 e. The van der Waals surface area contributed by atoms with Crippen LogP contribution in [0.3, 0.4) is 0 Å². The van der Waals surface area contributed by atoms with E-state index in [0.717, 1.165) is 0 Å². The number of ether oxygens (including phenoxy) is 3. The van der Waals surface area contributed by atoms with E-state index in [0.29, 0.717) is 16.9 Å². The molecule has 0 bridgehead atoms. The molecule has 148 valence electrons. The molecule has 1 amide bonds. The number of hydrogen-bond donors (Lipinski definition) is 1. The van der Waals surface area contributed by atoms with Crippen LogP contribution in [0.2, 0.25) is 0 Å². The minimum atomic E-state index is -0.838. The van der Waals surface area contributed by atoms with Crippen LogP contribution in [0.25, 0.3) is 0 Å². The Morgan fingerprint density at radius 1 is 0.821 bits per heavy atom. The molecule has 0 unspecified atom stereocenters. The number of amides is 1. The lowest BCUT2D eigenvalue weighted by Gasteiger charge is -2.21. The average molecular weight is 385 g/mol. The summed E-state index contributed by atoms with van der Waals surface area (Å²) >= 11 is 0. The summed E-state index contributed by atoms with van der Waals surface area (Å²) in [4.78, 5) is 36.5. The van der Waals surface area contributed by atoms with Crippen molar-refractivity contribution in [3.63, 3.8) is 0 Å². The van der Waals surface area contributed by atoms with Crippen LogP contribution in [0.15, 0.2) is 48.5 Å². The average Bonchev–Trinajstić information content (AvgIpc) is 2.71. The van der Waals surface area contributed by atoms with E-state index in [-0.39, 0.29) is 17.6 Å². The lowest BCUT2D eigenvalue weighted by atomic mass is 10.0. The predicted molar refractivity (Wildman–Crippen MR) is 103 cm³/mol. The van der Waals surface area contributed by atoms with Crippen LogP contribution in [0.4, 0.5) is 0 Å². The van der Waals surface area contributed by atoms with E-state index in [2.05, 4.69) is 10.1 Å². The minimum Gasteiger partial charge on any atom is -0.497 e. The van der Waals surface area contributed by atoms with Gasteiger partial charge in [-0.2, -0.15) is 0 Å². The van der Waals surface area contributed by atoms with Crippen molar-refractivity contribution in [1.82, 2.24) is 5.32 Å². The highest BCUT2D eigenvalue weighted by Gasteiger charge is 2.26. The number of carbonyl (C=O) groups is 3. The molecule has 0 spiro atoms. The first-order valence-electron chi connectivity index (χ1n) is 8.70. The molecule has 0 heterocycles. The van der Waals surface area contributed by atoms with Gasteiger partial charge in [0.25, 0.3) is 5.91 Å². The first-order valence-corrected chi connectivity index (χ1v) is 8.70. The standard InChI is InChI=1S/C21H23NO6/c1-13(2)18(22-19(23)14-5-9-16(26-3)10-6-14)21(25)28-17-11-7-15(8-12-17)20(24)27-4/h5-13,18H,1-4H3,(H,22,23)/t18-/m1/s1. The number of esters is 2. The van der Waals surface area contributed by atoms with Gasteiger partial charge in [0.15, 0.2) is 0 Å². The van der Waals surface area contributed by atoms with Gasteiger partial charge in [-0.3, -0.25) is 4.79 Å². The fourth-order valence-electron chi connectivity index (χ4n) is 2.42. The molecule has 7 nitrogen and oxygen atoms in total. The van der Waals surface area contributed by atoms with Gasteiger partial charge in [-0.1, -0.05) is 13.8 Å². The maximum Gasteiger partial charge on any atom is 0.337 e. The third kappa shape index (κ3) is 5.33. The highest BCUT2D eigenvalue weighted by Crippen LogP contribution is 2.16. The number of hydrogen-bond acceptors (Lipinski definition) is 6. The zero-order chi connectivity index (χ0) is 20.7. The van der Waals surface area contributed by atoms with Crippen LogP contribution in [0.1, 0.15) is 34.6 Å². The topological polar surface area (TPSA) is 90.9 Å². The van der Waals surface area contributed by atoms with Gasteiger partial charge in [0.2, 0.25) is 0 Å². The molecular weight excluding hydrogens is 362 g/mol. The molecule has 28 heavy (non-hydrogen) atoms. The molecule has 0 saturated heterocycles. The van der Waals surface area contributed by atoms with Crippen LogP contribution < -0.4 is 14.8 Å². The second-order valence-corrected chi connectivity index (χ2v) is 6.36. The van der Waals surface area contributed by atoms with E-state index >= 15 is 0 Å². The van der Waals surface area contributed by atoms with E-state index in [4.69, 9.17) is 9.47 Å². The van der Waals surface area contributed by atoms with E-state index < -0.39 is 18.0 Å². The highest BCUT2D eigenvalue weighted by atomic mass is 16.5. The highest BCUT2D eigenvalue weighted by molar-refractivity contribution is 5.97. The first kappa shape index (κ1) is 21.0. The molecule has 0 radical (unpaired) electrons. The molecule has 0 fully saturated rings. The summed E-state index contributed by atoms with van der Waals surface area (Å²) in [5.41, 5.74) is 0.747. The number of nitrogens with one attached hydrogen (secondary N) is 1. The van der Waals surface area contributed by atoms with Crippen molar-refractivity contribution in [2.45, 2.75) is 19.9 Å². The Labute approximate surface area is 163 Å². The summed E-state index contributed by atoms with van der Waals surface area (Å²) in [5.74, 6) is -0.760. The number of methoxy groups -OCH3 is 2. The van der Waals surface area contributed by atoms with Crippen molar-refractivity contribution in [1.29, 1.82) is 0 Å². The second kappa shape index (κ2) is 9.55. The van der Waals surface area contributed by atoms with Gasteiger partial charge in [-0.15, -0.1) is 0 Å². The Bertz CT molecular complexity index is 827. The Morgan fingerprint density at radius 2 is 1.36 bits per heavy atom. The van der Waals surface area contributed by atoms with Crippen LogP contribution >= 0.6 is 0 Å². The van der Waals surface area contributed by atoms with Gasteiger partial charge in [0, 0.05) is 5.56 Å². The molecule has 2 aromatic carbocycles. The van der Waals surface area contributed by atoms with Crippen molar-refractivity contribution in [3.05, 3.63) is 59.7 Å². The maximum atomic E-state index is 12.5. The van der Waals surface area contributed by atoms with Gasteiger partial charge < -0.3 is 19.5 Å². The SMILES string of the molecule is COC(=O)c1ccc(OC(=O)[C@H](NC(=O)c2ccc(OC)cc2)C(C)C)cc1. The summed E-state index contributed by atoms with van der Waals surface area (Å²) < 4.78 is 15.0. The third-order valence-electron chi connectivity index (χ3n) is 4.05. The summed E-state index contributed by atoms with van der Waals surface area (Å²) in [7, 11) is 2.83. The number of carbonyl (C=O) groups excluding carboxylic acids is 3. The first-order chi connectivity index (χ1) is 13.3. The molecule has 0 aliphatic heterocycles. The fraction of sp³-hybridized carbons (Fsp3) is 0.286. The lowest BCUT2D eigenvalue weighted by molar-refractivity contribution is -0.137. The molecule has 1 atom stereocenters. The van der Waals surface area contributed by atoms with Gasteiger partial charge in [0.1, 0.15) is 17.5 Å². The molecule has 0 saturated carbocycles.